The monoisotopic (exact) mass is 424 g/mol. The summed E-state index contributed by atoms with van der Waals surface area (Å²) in [5.74, 6) is 0.324. The number of rotatable bonds is 5. The van der Waals surface area contributed by atoms with Gasteiger partial charge in [-0.25, -0.2) is 0 Å². The van der Waals surface area contributed by atoms with Crippen LogP contribution >= 0.6 is 23.2 Å². The van der Waals surface area contributed by atoms with Crippen LogP contribution in [0.3, 0.4) is 0 Å². The Hall–Kier alpha value is -2.20. The minimum atomic E-state index is 0.0921. The first kappa shape index (κ1) is 20.1. The highest BCUT2D eigenvalue weighted by atomic mass is 35.5. The van der Waals surface area contributed by atoms with E-state index in [4.69, 9.17) is 23.2 Å². The number of benzene rings is 2. The molecule has 0 saturated carbocycles. The van der Waals surface area contributed by atoms with E-state index in [0.717, 1.165) is 54.3 Å². The van der Waals surface area contributed by atoms with E-state index in [1.807, 2.05) is 42.6 Å². The zero-order valence-corrected chi connectivity index (χ0v) is 17.5. The van der Waals surface area contributed by atoms with E-state index in [2.05, 4.69) is 22.0 Å². The van der Waals surface area contributed by atoms with Crippen LogP contribution in [-0.2, 0) is 6.54 Å². The number of likely N-dealkylation sites (tertiary alicyclic amines) is 1. The lowest BCUT2D eigenvalue weighted by atomic mass is 9.89. The lowest BCUT2D eigenvalue weighted by molar-refractivity contribution is 0.0835. The van der Waals surface area contributed by atoms with E-state index in [1.165, 1.54) is 5.56 Å². The average molecular weight is 425 g/mol. The Labute approximate surface area is 181 Å². The van der Waals surface area contributed by atoms with Crippen molar-refractivity contribution >= 4 is 29.0 Å². The molecule has 1 aliphatic rings. The Morgan fingerprint density at radius 3 is 2.21 bits per heavy atom. The van der Waals surface area contributed by atoms with Crippen LogP contribution in [0.15, 0.2) is 66.9 Å². The Morgan fingerprint density at radius 2 is 1.55 bits per heavy atom. The fourth-order valence-corrected chi connectivity index (χ4v) is 4.06. The second-order valence-electron chi connectivity index (χ2n) is 7.48. The number of pyridine rings is 1. The van der Waals surface area contributed by atoms with Crippen LogP contribution in [0.1, 0.15) is 28.8 Å². The highest BCUT2D eigenvalue weighted by Crippen LogP contribution is 2.25. The Kier molecular flexibility index (Phi) is 6.29. The van der Waals surface area contributed by atoms with Crippen molar-refractivity contribution in [1.29, 1.82) is 0 Å². The largest absolute Gasteiger partial charge is 0.299 e. The molecule has 0 atom stereocenters. The summed E-state index contributed by atoms with van der Waals surface area (Å²) in [5, 5.41) is 1.38. The molecule has 1 aromatic heterocycles. The quantitative estimate of drug-likeness (QED) is 0.460. The van der Waals surface area contributed by atoms with E-state index in [0.29, 0.717) is 5.02 Å². The summed E-state index contributed by atoms with van der Waals surface area (Å²) in [4.78, 5) is 19.6. The molecule has 2 heterocycles. The molecule has 148 valence electrons. The second-order valence-corrected chi connectivity index (χ2v) is 8.35. The Balaban J connectivity index is 1.36. The standard InChI is InChI=1S/C24H22Cl2N2O/c25-21-5-1-18(2-6-21)23-15-17(9-12-27-23)16-28-13-10-20(11-14-28)24(29)19-3-7-22(26)8-4-19/h1-9,12,15,20H,10-11,13-14,16H2. The van der Waals surface area contributed by atoms with Crippen molar-refractivity contribution in [3.63, 3.8) is 0 Å². The minimum Gasteiger partial charge on any atom is -0.299 e. The zero-order valence-electron chi connectivity index (χ0n) is 16.0. The number of Topliss-reactive ketones (excluding diaryl/α,β-unsaturated/α-hetero) is 1. The highest BCUT2D eigenvalue weighted by Gasteiger charge is 2.25. The normalized spacial score (nSPS) is 15.4. The molecule has 0 aliphatic carbocycles. The molecule has 1 fully saturated rings. The number of nitrogens with zero attached hydrogens (tertiary/aromatic N) is 2. The predicted octanol–water partition coefficient (Wildman–Crippen LogP) is 6.15. The maximum atomic E-state index is 12.7. The summed E-state index contributed by atoms with van der Waals surface area (Å²) in [6, 6.07) is 19.2. The first-order valence-corrected chi connectivity index (χ1v) is 10.6. The van der Waals surface area contributed by atoms with Crippen LogP contribution < -0.4 is 0 Å². The van der Waals surface area contributed by atoms with E-state index in [1.54, 1.807) is 12.1 Å². The van der Waals surface area contributed by atoms with Gasteiger partial charge in [0.1, 0.15) is 0 Å². The molecule has 0 spiro atoms. The third-order valence-corrected chi connectivity index (χ3v) is 5.96. The van der Waals surface area contributed by atoms with Gasteiger partial charge >= 0.3 is 0 Å². The van der Waals surface area contributed by atoms with Gasteiger partial charge in [0.25, 0.3) is 0 Å². The molecule has 1 aliphatic heterocycles. The molecule has 3 aromatic rings. The van der Waals surface area contributed by atoms with Crippen LogP contribution in [-0.4, -0.2) is 28.8 Å². The third kappa shape index (κ3) is 5.05. The van der Waals surface area contributed by atoms with E-state index in [-0.39, 0.29) is 11.7 Å². The van der Waals surface area contributed by atoms with Gasteiger partial charge in [0.15, 0.2) is 5.78 Å². The van der Waals surface area contributed by atoms with Crippen molar-refractivity contribution < 1.29 is 4.79 Å². The number of aromatic nitrogens is 1. The van der Waals surface area contributed by atoms with Crippen molar-refractivity contribution in [3.8, 4) is 11.3 Å². The van der Waals surface area contributed by atoms with E-state index < -0.39 is 0 Å². The van der Waals surface area contributed by atoms with Crippen molar-refractivity contribution in [2.24, 2.45) is 5.92 Å². The molecule has 4 rings (SSSR count). The third-order valence-electron chi connectivity index (χ3n) is 5.46. The van der Waals surface area contributed by atoms with Crippen molar-refractivity contribution in [1.82, 2.24) is 9.88 Å². The van der Waals surface area contributed by atoms with E-state index >= 15 is 0 Å². The van der Waals surface area contributed by atoms with Crippen LogP contribution in [0, 0.1) is 5.92 Å². The SMILES string of the molecule is O=C(c1ccc(Cl)cc1)C1CCN(Cc2ccnc(-c3ccc(Cl)cc3)c2)CC1. The molecule has 5 heteroatoms. The summed E-state index contributed by atoms with van der Waals surface area (Å²) in [7, 11) is 0. The number of piperidine rings is 1. The van der Waals surface area contributed by atoms with Gasteiger partial charge in [-0.3, -0.25) is 14.7 Å². The molecule has 0 unspecified atom stereocenters. The minimum absolute atomic E-state index is 0.0921. The molecule has 2 aromatic carbocycles. The number of ketones is 1. The van der Waals surface area contributed by atoms with Gasteiger partial charge in [-0.1, -0.05) is 35.3 Å². The first-order chi connectivity index (χ1) is 14.1. The molecule has 0 amide bonds. The molecular formula is C24H22Cl2N2O. The van der Waals surface area contributed by atoms with Gasteiger partial charge in [-0.15, -0.1) is 0 Å². The smallest absolute Gasteiger partial charge is 0.166 e. The fraction of sp³-hybridized carbons (Fsp3) is 0.250. The van der Waals surface area contributed by atoms with Crippen molar-refractivity contribution in [2.75, 3.05) is 13.1 Å². The molecule has 1 saturated heterocycles. The summed E-state index contributed by atoms with van der Waals surface area (Å²) in [5.41, 5.74) is 4.00. The van der Waals surface area contributed by atoms with Gasteiger partial charge in [-0.2, -0.15) is 0 Å². The summed E-state index contributed by atoms with van der Waals surface area (Å²) in [6.45, 7) is 2.70. The topological polar surface area (TPSA) is 33.2 Å². The summed E-state index contributed by atoms with van der Waals surface area (Å²) >= 11 is 11.9. The lowest BCUT2D eigenvalue weighted by Gasteiger charge is -2.31. The van der Waals surface area contributed by atoms with Gasteiger partial charge < -0.3 is 0 Å². The fourth-order valence-electron chi connectivity index (χ4n) is 3.81. The van der Waals surface area contributed by atoms with Crippen LogP contribution in [0.2, 0.25) is 10.0 Å². The zero-order chi connectivity index (χ0) is 20.2. The van der Waals surface area contributed by atoms with Crippen LogP contribution in [0.25, 0.3) is 11.3 Å². The molecule has 0 N–H and O–H groups in total. The number of carbonyl (C=O) groups excluding carboxylic acids is 1. The molecular weight excluding hydrogens is 403 g/mol. The molecule has 29 heavy (non-hydrogen) atoms. The van der Waals surface area contributed by atoms with Crippen molar-refractivity contribution in [2.45, 2.75) is 19.4 Å². The Morgan fingerprint density at radius 1 is 0.931 bits per heavy atom. The van der Waals surface area contributed by atoms with Gasteiger partial charge in [0, 0.05) is 39.8 Å². The maximum Gasteiger partial charge on any atom is 0.166 e. The molecule has 0 bridgehead atoms. The highest BCUT2D eigenvalue weighted by molar-refractivity contribution is 6.31. The average Bonchev–Trinajstić information content (AvgIpc) is 2.75. The summed E-state index contributed by atoms with van der Waals surface area (Å²) < 4.78 is 0. The first-order valence-electron chi connectivity index (χ1n) is 9.81. The molecule has 3 nitrogen and oxygen atoms in total. The number of carbonyl (C=O) groups is 1. The van der Waals surface area contributed by atoms with Crippen molar-refractivity contribution in [3.05, 3.63) is 88.0 Å². The number of halogens is 2. The predicted molar refractivity (Wildman–Crippen MR) is 118 cm³/mol. The van der Waals surface area contributed by atoms with Crippen LogP contribution in [0.4, 0.5) is 0 Å². The molecule has 0 radical (unpaired) electrons. The second kappa shape index (κ2) is 9.08. The lowest BCUT2D eigenvalue weighted by Crippen LogP contribution is -2.36. The maximum absolute atomic E-state index is 12.7. The van der Waals surface area contributed by atoms with Gasteiger partial charge in [0.05, 0.1) is 5.69 Å². The van der Waals surface area contributed by atoms with Crippen LogP contribution in [0.5, 0.6) is 0 Å². The number of hydrogen-bond acceptors (Lipinski definition) is 3. The van der Waals surface area contributed by atoms with Gasteiger partial charge in [0.2, 0.25) is 0 Å². The van der Waals surface area contributed by atoms with Gasteiger partial charge in [-0.05, 0) is 80.0 Å². The van der Waals surface area contributed by atoms with E-state index in [9.17, 15) is 4.79 Å². The Bertz CT molecular complexity index is 979. The summed E-state index contributed by atoms with van der Waals surface area (Å²) in [6.07, 6.45) is 3.63. The number of hydrogen-bond donors (Lipinski definition) is 0.